The molecule has 1 fully saturated rings. The average molecular weight is 386 g/mol. The highest BCUT2D eigenvalue weighted by atomic mass is 32.2. The molecule has 0 aromatic heterocycles. The lowest BCUT2D eigenvalue weighted by atomic mass is 10.1. The Morgan fingerprint density at radius 1 is 1.04 bits per heavy atom. The van der Waals surface area contributed by atoms with Gasteiger partial charge in [0.1, 0.15) is 12.4 Å². The van der Waals surface area contributed by atoms with Crippen molar-refractivity contribution in [1.29, 1.82) is 0 Å². The summed E-state index contributed by atoms with van der Waals surface area (Å²) in [7, 11) is -3.95. The third-order valence-corrected chi connectivity index (χ3v) is 5.51. The molecular weight excluding hydrogens is 363 g/mol. The van der Waals surface area contributed by atoms with Gasteiger partial charge < -0.3 is 9.64 Å². The zero-order chi connectivity index (χ0) is 19.0. The van der Waals surface area contributed by atoms with E-state index in [2.05, 4.69) is 4.72 Å². The molecular formula is C17H23FN2O5S. The first-order valence-corrected chi connectivity index (χ1v) is 10.1. The molecule has 0 spiro atoms. The number of amides is 1. The number of esters is 1. The zero-order valence-corrected chi connectivity index (χ0v) is 15.3. The zero-order valence-electron chi connectivity index (χ0n) is 14.4. The Morgan fingerprint density at radius 2 is 1.62 bits per heavy atom. The predicted molar refractivity (Wildman–Crippen MR) is 92.2 cm³/mol. The Morgan fingerprint density at radius 3 is 2.23 bits per heavy atom. The molecule has 0 saturated carbocycles. The van der Waals surface area contributed by atoms with E-state index in [0.717, 1.165) is 49.9 Å². The van der Waals surface area contributed by atoms with E-state index in [1.165, 1.54) is 6.42 Å². The van der Waals surface area contributed by atoms with Crippen LogP contribution in [0.15, 0.2) is 29.2 Å². The van der Waals surface area contributed by atoms with Gasteiger partial charge in [0.15, 0.2) is 6.61 Å². The molecule has 1 N–H and O–H groups in total. The van der Waals surface area contributed by atoms with Crippen LogP contribution in [-0.2, 0) is 24.3 Å². The van der Waals surface area contributed by atoms with Gasteiger partial charge >= 0.3 is 5.97 Å². The molecule has 26 heavy (non-hydrogen) atoms. The highest BCUT2D eigenvalue weighted by molar-refractivity contribution is 7.89. The van der Waals surface area contributed by atoms with Crippen LogP contribution < -0.4 is 4.72 Å². The maximum absolute atomic E-state index is 12.8. The SMILES string of the molecule is O=C(CNS(=O)(=O)c1ccc(F)cc1)OCC(=O)N1CCCCCCC1. The summed E-state index contributed by atoms with van der Waals surface area (Å²) in [5, 5.41) is 0. The van der Waals surface area contributed by atoms with Crippen LogP contribution in [0.4, 0.5) is 4.39 Å². The van der Waals surface area contributed by atoms with Crippen LogP contribution in [0, 0.1) is 5.82 Å². The van der Waals surface area contributed by atoms with E-state index in [1.807, 2.05) is 0 Å². The summed E-state index contributed by atoms with van der Waals surface area (Å²) >= 11 is 0. The number of benzene rings is 1. The number of likely N-dealkylation sites (tertiary alicyclic amines) is 1. The number of carbonyl (C=O) groups is 2. The lowest BCUT2D eigenvalue weighted by molar-refractivity contribution is -0.151. The van der Waals surface area contributed by atoms with Gasteiger partial charge in [0.05, 0.1) is 4.90 Å². The molecule has 0 aliphatic carbocycles. The minimum atomic E-state index is -3.95. The number of hydrogen-bond donors (Lipinski definition) is 1. The van der Waals surface area contributed by atoms with Gasteiger partial charge in [-0.1, -0.05) is 19.3 Å². The van der Waals surface area contributed by atoms with E-state index in [4.69, 9.17) is 4.74 Å². The summed E-state index contributed by atoms with van der Waals surface area (Å²) in [6.07, 6.45) is 5.18. The van der Waals surface area contributed by atoms with Crippen LogP contribution in [0.25, 0.3) is 0 Å². The topological polar surface area (TPSA) is 92.8 Å². The molecule has 0 atom stereocenters. The molecule has 1 aliphatic rings. The lowest BCUT2D eigenvalue weighted by Crippen LogP contribution is -2.38. The second-order valence-electron chi connectivity index (χ2n) is 6.09. The highest BCUT2D eigenvalue weighted by Crippen LogP contribution is 2.11. The van der Waals surface area contributed by atoms with Gasteiger partial charge in [-0.05, 0) is 37.1 Å². The van der Waals surface area contributed by atoms with Crippen molar-refractivity contribution < 1.29 is 27.1 Å². The third-order valence-electron chi connectivity index (χ3n) is 4.10. The quantitative estimate of drug-likeness (QED) is 0.747. The Kier molecular flexibility index (Phi) is 7.52. The summed E-state index contributed by atoms with van der Waals surface area (Å²) in [4.78, 5) is 25.3. The first kappa shape index (κ1) is 20.3. The van der Waals surface area contributed by atoms with E-state index < -0.39 is 35.0 Å². The number of sulfonamides is 1. The van der Waals surface area contributed by atoms with E-state index in [9.17, 15) is 22.4 Å². The normalized spacial score (nSPS) is 15.8. The number of nitrogens with one attached hydrogen (secondary N) is 1. The maximum atomic E-state index is 12.8. The molecule has 1 saturated heterocycles. The number of rotatable bonds is 6. The van der Waals surface area contributed by atoms with Crippen LogP contribution >= 0.6 is 0 Å². The smallest absolute Gasteiger partial charge is 0.321 e. The molecule has 1 aliphatic heterocycles. The molecule has 0 radical (unpaired) electrons. The fourth-order valence-electron chi connectivity index (χ4n) is 2.63. The van der Waals surface area contributed by atoms with Gasteiger partial charge in [0.25, 0.3) is 5.91 Å². The van der Waals surface area contributed by atoms with E-state index in [0.29, 0.717) is 13.1 Å². The Labute approximate surface area is 152 Å². The van der Waals surface area contributed by atoms with Crippen molar-refractivity contribution >= 4 is 21.9 Å². The van der Waals surface area contributed by atoms with Crippen LogP contribution in [0.1, 0.15) is 32.1 Å². The summed E-state index contributed by atoms with van der Waals surface area (Å²) < 4.78 is 43.7. The monoisotopic (exact) mass is 386 g/mol. The predicted octanol–water partition coefficient (Wildman–Crippen LogP) is 1.44. The van der Waals surface area contributed by atoms with Crippen LogP contribution in [0.2, 0.25) is 0 Å². The van der Waals surface area contributed by atoms with Crippen molar-refractivity contribution in [3.8, 4) is 0 Å². The first-order chi connectivity index (χ1) is 12.4. The Hall–Kier alpha value is -2.00. The summed E-state index contributed by atoms with van der Waals surface area (Å²) in [6.45, 7) is 0.283. The molecule has 1 heterocycles. The largest absolute Gasteiger partial charge is 0.455 e. The van der Waals surface area contributed by atoms with Gasteiger partial charge in [-0.15, -0.1) is 0 Å². The average Bonchev–Trinajstić information content (AvgIpc) is 2.58. The minimum Gasteiger partial charge on any atom is -0.455 e. The van der Waals surface area contributed by atoms with E-state index in [1.54, 1.807) is 4.90 Å². The van der Waals surface area contributed by atoms with E-state index in [-0.39, 0.29) is 10.8 Å². The standard InChI is InChI=1S/C17H23FN2O5S/c18-14-6-8-15(9-7-14)26(23,24)19-12-17(22)25-13-16(21)20-10-4-2-1-3-5-11-20/h6-9,19H,1-5,10-13H2. The van der Waals surface area contributed by atoms with Crippen LogP contribution in [0.3, 0.4) is 0 Å². The fourth-order valence-corrected chi connectivity index (χ4v) is 3.60. The van der Waals surface area contributed by atoms with Crippen molar-refractivity contribution in [2.45, 2.75) is 37.0 Å². The summed E-state index contributed by atoms with van der Waals surface area (Å²) in [5.74, 6) is -1.69. The Balaban J connectivity index is 1.77. The van der Waals surface area contributed by atoms with Crippen molar-refractivity contribution in [2.24, 2.45) is 0 Å². The number of ether oxygens (including phenoxy) is 1. The second kappa shape index (κ2) is 9.63. The third kappa shape index (κ3) is 6.38. The lowest BCUT2D eigenvalue weighted by Gasteiger charge is -2.24. The molecule has 1 aromatic rings. The van der Waals surface area contributed by atoms with Gasteiger partial charge in [-0.25, -0.2) is 12.8 Å². The number of nitrogens with zero attached hydrogens (tertiary/aromatic N) is 1. The molecule has 144 valence electrons. The summed E-state index contributed by atoms with van der Waals surface area (Å²) in [5.41, 5.74) is 0. The van der Waals surface area contributed by atoms with E-state index >= 15 is 0 Å². The van der Waals surface area contributed by atoms with Crippen molar-refractivity contribution in [3.05, 3.63) is 30.1 Å². The summed E-state index contributed by atoms with van der Waals surface area (Å²) in [6, 6.07) is 4.20. The fraction of sp³-hybridized carbons (Fsp3) is 0.529. The van der Waals surface area contributed by atoms with Crippen molar-refractivity contribution in [1.82, 2.24) is 9.62 Å². The first-order valence-electron chi connectivity index (χ1n) is 8.57. The molecule has 2 rings (SSSR count). The molecule has 0 bridgehead atoms. The molecule has 0 unspecified atom stereocenters. The van der Waals surface area contributed by atoms with Gasteiger partial charge in [-0.2, -0.15) is 4.72 Å². The number of halogens is 1. The molecule has 1 aromatic carbocycles. The number of hydrogen-bond acceptors (Lipinski definition) is 5. The van der Waals surface area contributed by atoms with Gasteiger partial charge in [0, 0.05) is 13.1 Å². The molecule has 7 nitrogen and oxygen atoms in total. The van der Waals surface area contributed by atoms with Crippen LogP contribution in [-0.4, -0.2) is 51.4 Å². The maximum Gasteiger partial charge on any atom is 0.321 e. The minimum absolute atomic E-state index is 0.164. The molecule has 9 heteroatoms. The number of carbonyl (C=O) groups excluding carboxylic acids is 2. The Bertz CT molecular complexity index is 713. The van der Waals surface area contributed by atoms with Crippen molar-refractivity contribution in [3.63, 3.8) is 0 Å². The van der Waals surface area contributed by atoms with Crippen molar-refractivity contribution in [2.75, 3.05) is 26.2 Å². The second-order valence-corrected chi connectivity index (χ2v) is 7.85. The van der Waals surface area contributed by atoms with Gasteiger partial charge in [0.2, 0.25) is 10.0 Å². The van der Waals surface area contributed by atoms with Gasteiger partial charge in [-0.3, -0.25) is 9.59 Å². The highest BCUT2D eigenvalue weighted by Gasteiger charge is 2.19. The van der Waals surface area contributed by atoms with Crippen LogP contribution in [0.5, 0.6) is 0 Å². The molecule has 1 amide bonds.